The van der Waals surface area contributed by atoms with Crippen LogP contribution in [0.3, 0.4) is 0 Å². The molecule has 0 unspecified atom stereocenters. The summed E-state index contributed by atoms with van der Waals surface area (Å²) in [6.07, 6.45) is 5.49. The summed E-state index contributed by atoms with van der Waals surface area (Å²) < 4.78 is 1.61. The number of carbonyl (C=O) groups is 1. The maximum atomic E-state index is 11.4. The molecule has 0 fully saturated rings. The van der Waals surface area contributed by atoms with Crippen molar-refractivity contribution in [2.75, 3.05) is 0 Å². The quantitative estimate of drug-likeness (QED) is 0.930. The van der Waals surface area contributed by atoms with Gasteiger partial charge in [0.15, 0.2) is 5.16 Å². The molecule has 2 heterocycles. The molecule has 7 heteroatoms. The summed E-state index contributed by atoms with van der Waals surface area (Å²) in [5, 5.41) is 14.5. The van der Waals surface area contributed by atoms with Crippen molar-refractivity contribution in [3.63, 3.8) is 0 Å². The molecule has 1 aliphatic carbocycles. The van der Waals surface area contributed by atoms with E-state index in [0.717, 1.165) is 36.9 Å². The van der Waals surface area contributed by atoms with Crippen LogP contribution in [0.1, 0.15) is 34.5 Å². The van der Waals surface area contributed by atoms with Gasteiger partial charge < -0.3 is 5.11 Å². The molecular weight excluding hydrogens is 276 g/mol. The third-order valence-corrected chi connectivity index (χ3v) is 4.41. The van der Waals surface area contributed by atoms with E-state index in [-0.39, 0.29) is 5.56 Å². The number of carboxylic acids is 1. The fraction of sp³-hybridized carbons (Fsp3) is 0.385. The number of fused-ring (bicyclic) bond motifs is 1. The third-order valence-electron chi connectivity index (χ3n) is 3.35. The van der Waals surface area contributed by atoms with Gasteiger partial charge in [-0.3, -0.25) is 0 Å². The van der Waals surface area contributed by atoms with E-state index in [9.17, 15) is 9.90 Å². The number of pyridine rings is 1. The normalized spacial score (nSPS) is 14.1. The molecule has 0 atom stereocenters. The van der Waals surface area contributed by atoms with Crippen LogP contribution in [0.15, 0.2) is 22.6 Å². The van der Waals surface area contributed by atoms with Gasteiger partial charge in [-0.25, -0.2) is 19.4 Å². The van der Waals surface area contributed by atoms with Gasteiger partial charge in [-0.05, 0) is 49.1 Å². The van der Waals surface area contributed by atoms with E-state index >= 15 is 0 Å². The van der Waals surface area contributed by atoms with E-state index in [2.05, 4.69) is 15.1 Å². The summed E-state index contributed by atoms with van der Waals surface area (Å²) in [5.41, 5.74) is 2.33. The van der Waals surface area contributed by atoms with Crippen molar-refractivity contribution in [2.24, 2.45) is 7.05 Å². The van der Waals surface area contributed by atoms with Crippen molar-refractivity contribution >= 4 is 17.7 Å². The fourth-order valence-electron chi connectivity index (χ4n) is 2.31. The smallest absolute Gasteiger partial charge is 0.338 e. The SMILES string of the molecule is Cn1ncnc1Sc1nc2c(cc1C(=O)O)CCCC2. The van der Waals surface area contributed by atoms with Gasteiger partial charge in [0.05, 0.1) is 5.56 Å². The van der Waals surface area contributed by atoms with Crippen molar-refractivity contribution in [1.82, 2.24) is 19.7 Å². The van der Waals surface area contributed by atoms with Crippen molar-refractivity contribution < 1.29 is 9.90 Å². The van der Waals surface area contributed by atoms with Crippen molar-refractivity contribution in [1.29, 1.82) is 0 Å². The van der Waals surface area contributed by atoms with Gasteiger partial charge in [-0.15, -0.1) is 0 Å². The number of aromatic carboxylic acids is 1. The van der Waals surface area contributed by atoms with Crippen LogP contribution in [0.4, 0.5) is 0 Å². The Morgan fingerprint density at radius 2 is 2.20 bits per heavy atom. The molecule has 0 spiro atoms. The van der Waals surface area contributed by atoms with Crippen molar-refractivity contribution in [2.45, 2.75) is 35.9 Å². The lowest BCUT2D eigenvalue weighted by Gasteiger charge is -2.16. The highest BCUT2D eigenvalue weighted by molar-refractivity contribution is 7.99. The van der Waals surface area contributed by atoms with Gasteiger partial charge in [-0.1, -0.05) is 0 Å². The first-order valence-electron chi connectivity index (χ1n) is 6.43. The number of rotatable bonds is 3. The second kappa shape index (κ2) is 5.24. The zero-order valence-electron chi connectivity index (χ0n) is 11.0. The molecule has 0 radical (unpaired) electrons. The monoisotopic (exact) mass is 290 g/mol. The van der Waals surface area contributed by atoms with Gasteiger partial charge in [0, 0.05) is 12.7 Å². The average molecular weight is 290 g/mol. The zero-order chi connectivity index (χ0) is 14.1. The Morgan fingerprint density at radius 1 is 1.40 bits per heavy atom. The average Bonchev–Trinajstić information content (AvgIpc) is 2.83. The van der Waals surface area contributed by atoms with Crippen LogP contribution in [-0.2, 0) is 19.9 Å². The minimum absolute atomic E-state index is 0.249. The summed E-state index contributed by atoms with van der Waals surface area (Å²) >= 11 is 1.25. The van der Waals surface area contributed by atoms with Gasteiger partial charge in [-0.2, -0.15) is 5.10 Å². The lowest BCUT2D eigenvalue weighted by molar-refractivity contribution is 0.0692. The maximum absolute atomic E-state index is 11.4. The van der Waals surface area contributed by atoms with Gasteiger partial charge in [0.25, 0.3) is 0 Å². The molecule has 0 saturated carbocycles. The predicted octanol–water partition coefficient (Wildman–Crippen LogP) is 1.94. The van der Waals surface area contributed by atoms with Crippen LogP contribution >= 0.6 is 11.8 Å². The molecule has 0 bridgehead atoms. The minimum atomic E-state index is -0.949. The first-order chi connectivity index (χ1) is 9.65. The van der Waals surface area contributed by atoms with E-state index < -0.39 is 5.97 Å². The highest BCUT2D eigenvalue weighted by Crippen LogP contribution is 2.31. The number of nitrogens with zero attached hydrogens (tertiary/aromatic N) is 4. The molecular formula is C13H14N4O2S. The zero-order valence-corrected chi connectivity index (χ0v) is 11.9. The van der Waals surface area contributed by atoms with E-state index in [4.69, 9.17) is 0 Å². The molecule has 6 nitrogen and oxygen atoms in total. The summed E-state index contributed by atoms with van der Waals surface area (Å²) in [6.45, 7) is 0. The lowest BCUT2D eigenvalue weighted by Crippen LogP contribution is -2.11. The summed E-state index contributed by atoms with van der Waals surface area (Å²) in [5.74, 6) is -0.949. The molecule has 3 rings (SSSR count). The number of aromatic nitrogens is 4. The Labute approximate surface area is 120 Å². The first-order valence-corrected chi connectivity index (χ1v) is 7.24. The Hall–Kier alpha value is -1.89. The standard InChI is InChI=1S/C13H14N4O2S/c1-17-13(14-7-15-17)20-11-9(12(18)19)6-8-4-2-3-5-10(8)16-11/h6-7H,2-5H2,1H3,(H,18,19). The largest absolute Gasteiger partial charge is 0.478 e. The van der Waals surface area contributed by atoms with Crippen LogP contribution in [0.2, 0.25) is 0 Å². The predicted molar refractivity (Wildman–Crippen MR) is 73.0 cm³/mol. The summed E-state index contributed by atoms with van der Waals surface area (Å²) in [7, 11) is 1.77. The van der Waals surface area contributed by atoms with Gasteiger partial charge in [0.2, 0.25) is 0 Å². The number of hydrogen-bond acceptors (Lipinski definition) is 5. The Balaban J connectivity index is 2.04. The Bertz CT molecular complexity index is 668. The van der Waals surface area contributed by atoms with Crippen molar-refractivity contribution in [3.8, 4) is 0 Å². The number of carboxylic acid groups (broad SMARTS) is 1. The number of aryl methyl sites for hydroxylation is 3. The van der Waals surface area contributed by atoms with Crippen LogP contribution in [0, 0.1) is 0 Å². The maximum Gasteiger partial charge on any atom is 0.338 e. The molecule has 2 aromatic heterocycles. The molecule has 1 aliphatic rings. The molecule has 20 heavy (non-hydrogen) atoms. The van der Waals surface area contributed by atoms with Crippen LogP contribution in [0.25, 0.3) is 0 Å². The highest BCUT2D eigenvalue weighted by Gasteiger charge is 2.20. The Morgan fingerprint density at radius 3 is 2.90 bits per heavy atom. The molecule has 0 amide bonds. The molecule has 104 valence electrons. The second-order valence-electron chi connectivity index (χ2n) is 4.73. The topological polar surface area (TPSA) is 80.9 Å². The molecule has 2 aromatic rings. The van der Waals surface area contributed by atoms with Crippen molar-refractivity contribution in [3.05, 3.63) is 29.2 Å². The van der Waals surface area contributed by atoms with Gasteiger partial charge >= 0.3 is 5.97 Å². The van der Waals surface area contributed by atoms with E-state index in [1.807, 2.05) is 0 Å². The highest BCUT2D eigenvalue weighted by atomic mass is 32.2. The Kier molecular flexibility index (Phi) is 3.43. The van der Waals surface area contributed by atoms with E-state index in [0.29, 0.717) is 10.2 Å². The molecule has 0 aliphatic heterocycles. The molecule has 0 saturated heterocycles. The lowest BCUT2D eigenvalue weighted by atomic mass is 9.95. The van der Waals surface area contributed by atoms with Crippen LogP contribution in [0.5, 0.6) is 0 Å². The van der Waals surface area contributed by atoms with Crippen LogP contribution < -0.4 is 0 Å². The second-order valence-corrected chi connectivity index (χ2v) is 5.68. The van der Waals surface area contributed by atoms with E-state index in [1.165, 1.54) is 18.1 Å². The fourth-order valence-corrected chi connectivity index (χ4v) is 3.17. The summed E-state index contributed by atoms with van der Waals surface area (Å²) in [6, 6.07) is 1.77. The molecule has 1 N–H and O–H groups in total. The minimum Gasteiger partial charge on any atom is -0.478 e. The molecule has 0 aromatic carbocycles. The first kappa shape index (κ1) is 13.1. The van der Waals surface area contributed by atoms with Crippen LogP contribution in [-0.4, -0.2) is 30.8 Å². The third kappa shape index (κ3) is 2.40. The van der Waals surface area contributed by atoms with Gasteiger partial charge in [0.1, 0.15) is 11.4 Å². The number of hydrogen-bond donors (Lipinski definition) is 1. The van der Waals surface area contributed by atoms with E-state index in [1.54, 1.807) is 17.8 Å². The summed E-state index contributed by atoms with van der Waals surface area (Å²) in [4.78, 5) is 20.1.